The molecular weight excluding hydrogens is 354 g/mol. The van der Waals surface area contributed by atoms with E-state index in [1.807, 2.05) is 24.3 Å². The zero-order chi connectivity index (χ0) is 18.4. The average Bonchev–Trinajstić information content (AvgIpc) is 3.32. The number of methoxy groups -OCH3 is 1. The Labute approximate surface area is 154 Å². The van der Waals surface area contributed by atoms with E-state index in [1.165, 1.54) is 17.6 Å². The highest BCUT2D eigenvalue weighted by atomic mass is 32.1. The molecule has 134 valence electrons. The van der Waals surface area contributed by atoms with E-state index in [-0.39, 0.29) is 24.0 Å². The number of amides is 2. The maximum absolute atomic E-state index is 12.1. The fourth-order valence-electron chi connectivity index (χ4n) is 2.28. The lowest BCUT2D eigenvalue weighted by atomic mass is 10.2. The molecule has 2 heterocycles. The van der Waals surface area contributed by atoms with E-state index < -0.39 is 0 Å². The van der Waals surface area contributed by atoms with Crippen LogP contribution in [0.3, 0.4) is 0 Å². The summed E-state index contributed by atoms with van der Waals surface area (Å²) in [5.41, 5.74) is 1.48. The van der Waals surface area contributed by atoms with Crippen molar-refractivity contribution in [2.24, 2.45) is 0 Å². The van der Waals surface area contributed by atoms with Gasteiger partial charge in [0.1, 0.15) is 5.75 Å². The second-order valence-electron chi connectivity index (χ2n) is 5.34. The SMILES string of the molecule is COc1ccccc1CNC(=O)Cc1csc(NC(=O)c2ccco2)n1. The molecule has 1 aromatic carbocycles. The average molecular weight is 371 g/mol. The number of carbonyl (C=O) groups excluding carboxylic acids is 2. The highest BCUT2D eigenvalue weighted by molar-refractivity contribution is 7.14. The lowest BCUT2D eigenvalue weighted by molar-refractivity contribution is -0.120. The third kappa shape index (κ3) is 4.48. The van der Waals surface area contributed by atoms with E-state index in [0.717, 1.165) is 11.3 Å². The predicted octanol–water partition coefficient (Wildman–Crippen LogP) is 2.86. The van der Waals surface area contributed by atoms with Gasteiger partial charge in [-0.2, -0.15) is 0 Å². The van der Waals surface area contributed by atoms with E-state index in [1.54, 1.807) is 24.6 Å². The quantitative estimate of drug-likeness (QED) is 0.666. The summed E-state index contributed by atoms with van der Waals surface area (Å²) in [6.45, 7) is 0.370. The van der Waals surface area contributed by atoms with Gasteiger partial charge in [-0.05, 0) is 18.2 Å². The number of furan rings is 1. The molecule has 0 aliphatic heterocycles. The Morgan fingerprint density at radius 3 is 2.85 bits per heavy atom. The van der Waals surface area contributed by atoms with Crippen LogP contribution < -0.4 is 15.4 Å². The van der Waals surface area contributed by atoms with Crippen molar-refractivity contribution in [2.75, 3.05) is 12.4 Å². The number of carbonyl (C=O) groups is 2. The highest BCUT2D eigenvalue weighted by Gasteiger charge is 2.13. The zero-order valence-electron chi connectivity index (χ0n) is 14.0. The van der Waals surface area contributed by atoms with Gasteiger partial charge in [-0.25, -0.2) is 4.98 Å². The van der Waals surface area contributed by atoms with Crippen LogP contribution >= 0.6 is 11.3 Å². The molecule has 26 heavy (non-hydrogen) atoms. The molecule has 0 atom stereocenters. The van der Waals surface area contributed by atoms with E-state index in [2.05, 4.69) is 15.6 Å². The lowest BCUT2D eigenvalue weighted by Crippen LogP contribution is -2.25. The first kappa shape index (κ1) is 17.7. The second kappa shape index (κ2) is 8.30. The fourth-order valence-corrected chi connectivity index (χ4v) is 2.99. The van der Waals surface area contributed by atoms with Crippen LogP contribution in [0.1, 0.15) is 21.8 Å². The van der Waals surface area contributed by atoms with Crippen LogP contribution in [0.2, 0.25) is 0 Å². The van der Waals surface area contributed by atoms with Gasteiger partial charge in [0, 0.05) is 17.5 Å². The molecule has 2 N–H and O–H groups in total. The molecule has 2 amide bonds. The van der Waals surface area contributed by atoms with Crippen molar-refractivity contribution in [2.45, 2.75) is 13.0 Å². The number of benzene rings is 1. The standard InChI is InChI=1S/C18H17N3O4S/c1-24-14-6-3-2-5-12(14)10-19-16(22)9-13-11-26-18(20-13)21-17(23)15-7-4-8-25-15/h2-8,11H,9-10H2,1H3,(H,19,22)(H,20,21,23). The summed E-state index contributed by atoms with van der Waals surface area (Å²) in [6.07, 6.45) is 1.55. The van der Waals surface area contributed by atoms with Crippen LogP contribution in [-0.4, -0.2) is 23.9 Å². The largest absolute Gasteiger partial charge is 0.496 e. The number of hydrogen-bond acceptors (Lipinski definition) is 6. The minimum absolute atomic E-state index is 0.127. The Morgan fingerprint density at radius 2 is 2.08 bits per heavy atom. The number of aromatic nitrogens is 1. The van der Waals surface area contributed by atoms with Crippen molar-refractivity contribution in [1.82, 2.24) is 10.3 Å². The number of rotatable bonds is 7. The molecule has 0 saturated heterocycles. The van der Waals surface area contributed by atoms with Crippen LogP contribution in [0.5, 0.6) is 5.75 Å². The number of hydrogen-bond donors (Lipinski definition) is 2. The van der Waals surface area contributed by atoms with Crippen molar-refractivity contribution >= 4 is 28.3 Å². The molecular formula is C18H17N3O4S. The van der Waals surface area contributed by atoms with Gasteiger partial charge in [0.15, 0.2) is 10.9 Å². The van der Waals surface area contributed by atoms with Crippen LogP contribution in [0.25, 0.3) is 0 Å². The summed E-state index contributed by atoms with van der Waals surface area (Å²) in [5, 5.41) is 7.63. The number of nitrogens with one attached hydrogen (secondary N) is 2. The number of thiazole rings is 1. The van der Waals surface area contributed by atoms with Gasteiger partial charge in [0.2, 0.25) is 5.91 Å². The predicted molar refractivity (Wildman–Crippen MR) is 97.3 cm³/mol. The molecule has 8 heteroatoms. The Balaban J connectivity index is 1.52. The third-order valence-electron chi connectivity index (χ3n) is 3.53. The van der Waals surface area contributed by atoms with Crippen molar-refractivity contribution in [1.29, 1.82) is 0 Å². The minimum Gasteiger partial charge on any atom is -0.496 e. The van der Waals surface area contributed by atoms with Gasteiger partial charge >= 0.3 is 0 Å². The lowest BCUT2D eigenvalue weighted by Gasteiger charge is -2.09. The Morgan fingerprint density at radius 1 is 1.23 bits per heavy atom. The number of ether oxygens (including phenoxy) is 1. The molecule has 2 aromatic heterocycles. The molecule has 0 aliphatic rings. The first-order chi connectivity index (χ1) is 12.7. The summed E-state index contributed by atoms with van der Waals surface area (Å²) < 4.78 is 10.3. The Hall–Kier alpha value is -3.13. The van der Waals surface area contributed by atoms with Gasteiger partial charge in [-0.1, -0.05) is 18.2 Å². The van der Waals surface area contributed by atoms with Crippen molar-refractivity contribution in [3.05, 3.63) is 65.1 Å². The maximum Gasteiger partial charge on any atom is 0.293 e. The Kier molecular flexibility index (Phi) is 5.65. The van der Waals surface area contributed by atoms with Crippen LogP contribution in [-0.2, 0) is 17.8 Å². The minimum atomic E-state index is -0.378. The molecule has 3 rings (SSSR count). The summed E-state index contributed by atoms with van der Waals surface area (Å²) >= 11 is 1.25. The number of anilines is 1. The molecule has 0 radical (unpaired) electrons. The molecule has 0 bridgehead atoms. The van der Waals surface area contributed by atoms with Crippen molar-refractivity contribution in [3.63, 3.8) is 0 Å². The van der Waals surface area contributed by atoms with Gasteiger partial charge in [-0.3, -0.25) is 14.9 Å². The van der Waals surface area contributed by atoms with Crippen molar-refractivity contribution in [3.8, 4) is 5.75 Å². The summed E-state index contributed by atoms with van der Waals surface area (Å²) in [7, 11) is 1.59. The topological polar surface area (TPSA) is 93.5 Å². The number of nitrogens with zero attached hydrogens (tertiary/aromatic N) is 1. The van der Waals surface area contributed by atoms with Gasteiger partial charge in [0.05, 0.1) is 25.5 Å². The smallest absolute Gasteiger partial charge is 0.293 e. The molecule has 3 aromatic rings. The fraction of sp³-hybridized carbons (Fsp3) is 0.167. The summed E-state index contributed by atoms with van der Waals surface area (Å²) in [4.78, 5) is 28.3. The maximum atomic E-state index is 12.1. The monoisotopic (exact) mass is 371 g/mol. The second-order valence-corrected chi connectivity index (χ2v) is 6.20. The third-order valence-corrected chi connectivity index (χ3v) is 4.33. The van der Waals surface area contributed by atoms with E-state index >= 15 is 0 Å². The van der Waals surface area contributed by atoms with Gasteiger partial charge in [0.25, 0.3) is 5.91 Å². The number of para-hydroxylation sites is 1. The molecule has 0 fully saturated rings. The van der Waals surface area contributed by atoms with E-state index in [4.69, 9.17) is 9.15 Å². The first-order valence-corrected chi connectivity index (χ1v) is 8.71. The van der Waals surface area contributed by atoms with Crippen LogP contribution in [0, 0.1) is 0 Å². The molecule has 0 aliphatic carbocycles. The Bertz CT molecular complexity index is 889. The molecule has 0 spiro atoms. The first-order valence-electron chi connectivity index (χ1n) is 7.83. The molecule has 0 unspecified atom stereocenters. The normalized spacial score (nSPS) is 10.3. The van der Waals surface area contributed by atoms with E-state index in [0.29, 0.717) is 17.4 Å². The van der Waals surface area contributed by atoms with Crippen molar-refractivity contribution < 1.29 is 18.7 Å². The zero-order valence-corrected chi connectivity index (χ0v) is 14.8. The summed E-state index contributed by atoms with van der Waals surface area (Å²) in [6, 6.07) is 10.7. The highest BCUT2D eigenvalue weighted by Crippen LogP contribution is 2.18. The molecule has 0 saturated carbocycles. The van der Waals surface area contributed by atoms with E-state index in [9.17, 15) is 9.59 Å². The van der Waals surface area contributed by atoms with Crippen LogP contribution in [0.4, 0.5) is 5.13 Å². The van der Waals surface area contributed by atoms with Gasteiger partial charge < -0.3 is 14.5 Å². The molecule has 7 nitrogen and oxygen atoms in total. The van der Waals surface area contributed by atoms with Gasteiger partial charge in [-0.15, -0.1) is 11.3 Å². The van der Waals surface area contributed by atoms with Crippen LogP contribution in [0.15, 0.2) is 52.5 Å². The summed E-state index contributed by atoms with van der Waals surface area (Å²) in [5.74, 6) is 0.391.